The minimum atomic E-state index is -3.67. The van der Waals surface area contributed by atoms with E-state index in [1.807, 2.05) is 24.3 Å². The van der Waals surface area contributed by atoms with Gasteiger partial charge in [0.15, 0.2) is 5.76 Å². The molecule has 1 atom stereocenters. The lowest BCUT2D eigenvalue weighted by molar-refractivity contribution is 0.390. The molecule has 5 nitrogen and oxygen atoms in total. The molecule has 0 amide bonds. The van der Waals surface area contributed by atoms with Crippen molar-refractivity contribution in [1.29, 1.82) is 0 Å². The Labute approximate surface area is 126 Å². The summed E-state index contributed by atoms with van der Waals surface area (Å²) in [6.45, 7) is 4.97. The summed E-state index contributed by atoms with van der Waals surface area (Å²) >= 11 is 3.42. The molecule has 1 N–H and O–H groups in total. The molecule has 7 heteroatoms. The Bertz CT molecular complexity index is 705. The van der Waals surface area contributed by atoms with E-state index in [1.165, 1.54) is 0 Å². The zero-order valence-electron chi connectivity index (χ0n) is 11.3. The van der Waals surface area contributed by atoms with Gasteiger partial charge in [0.1, 0.15) is 10.6 Å². The molecule has 0 radical (unpaired) electrons. The van der Waals surface area contributed by atoms with Crippen molar-refractivity contribution in [3.63, 3.8) is 0 Å². The van der Waals surface area contributed by atoms with Gasteiger partial charge in [-0.2, -0.15) is 0 Å². The van der Waals surface area contributed by atoms with Crippen LogP contribution in [-0.2, 0) is 10.0 Å². The SMILES string of the molecule is Cc1noc(C)c1S(=O)(=O)N[C@H](C)c1ccccc1Br. The highest BCUT2D eigenvalue weighted by Crippen LogP contribution is 2.26. The van der Waals surface area contributed by atoms with Gasteiger partial charge in [-0.25, -0.2) is 13.1 Å². The lowest BCUT2D eigenvalue weighted by Crippen LogP contribution is -2.27. The van der Waals surface area contributed by atoms with Crippen molar-refractivity contribution in [2.24, 2.45) is 0 Å². The molecule has 1 heterocycles. The van der Waals surface area contributed by atoms with Crippen LogP contribution in [0.1, 0.15) is 30.0 Å². The maximum Gasteiger partial charge on any atom is 0.246 e. The molecule has 0 aliphatic rings. The summed E-state index contributed by atoms with van der Waals surface area (Å²) in [4.78, 5) is 0.108. The Hall–Kier alpha value is -1.18. The van der Waals surface area contributed by atoms with Gasteiger partial charge in [0.25, 0.3) is 0 Å². The number of hydrogen-bond acceptors (Lipinski definition) is 4. The number of aryl methyl sites for hydroxylation is 2. The first-order valence-corrected chi connectivity index (χ1v) is 8.30. The highest BCUT2D eigenvalue weighted by atomic mass is 79.9. The minimum Gasteiger partial charge on any atom is -0.360 e. The third kappa shape index (κ3) is 2.94. The molecular formula is C13H15BrN2O3S. The maximum absolute atomic E-state index is 12.4. The molecule has 1 aromatic heterocycles. The number of rotatable bonds is 4. The molecule has 2 aromatic rings. The van der Waals surface area contributed by atoms with E-state index in [-0.39, 0.29) is 16.7 Å². The zero-order chi connectivity index (χ0) is 14.9. The smallest absolute Gasteiger partial charge is 0.246 e. The fourth-order valence-corrected chi connectivity index (χ4v) is 4.22. The number of hydrogen-bond donors (Lipinski definition) is 1. The number of nitrogens with zero attached hydrogens (tertiary/aromatic N) is 1. The third-order valence-electron chi connectivity index (χ3n) is 2.94. The van der Waals surface area contributed by atoms with Gasteiger partial charge in [0.2, 0.25) is 10.0 Å². The summed E-state index contributed by atoms with van der Waals surface area (Å²) in [5.74, 6) is 0.286. The average molecular weight is 359 g/mol. The molecule has 2 rings (SSSR count). The van der Waals surface area contributed by atoms with E-state index in [0.717, 1.165) is 10.0 Å². The third-order valence-corrected chi connectivity index (χ3v) is 5.45. The van der Waals surface area contributed by atoms with Crippen molar-refractivity contribution in [2.45, 2.75) is 31.7 Å². The monoisotopic (exact) mass is 358 g/mol. The zero-order valence-corrected chi connectivity index (χ0v) is 13.7. The number of aromatic nitrogens is 1. The molecule has 0 aliphatic heterocycles. The van der Waals surface area contributed by atoms with Crippen LogP contribution in [0, 0.1) is 13.8 Å². The largest absolute Gasteiger partial charge is 0.360 e. The molecule has 20 heavy (non-hydrogen) atoms. The summed E-state index contributed by atoms with van der Waals surface area (Å²) in [6.07, 6.45) is 0. The van der Waals surface area contributed by atoms with Crippen LogP contribution in [0.3, 0.4) is 0 Å². The molecule has 0 saturated heterocycles. The van der Waals surface area contributed by atoms with Gasteiger partial charge >= 0.3 is 0 Å². The van der Waals surface area contributed by atoms with Gasteiger partial charge in [-0.1, -0.05) is 39.3 Å². The molecule has 0 bridgehead atoms. The topological polar surface area (TPSA) is 72.2 Å². The first-order valence-electron chi connectivity index (χ1n) is 6.02. The van der Waals surface area contributed by atoms with E-state index >= 15 is 0 Å². The van der Waals surface area contributed by atoms with Crippen LogP contribution < -0.4 is 4.72 Å². The highest BCUT2D eigenvalue weighted by molar-refractivity contribution is 9.10. The van der Waals surface area contributed by atoms with Crippen LogP contribution in [0.4, 0.5) is 0 Å². The summed E-state index contributed by atoms with van der Waals surface area (Å²) < 4.78 is 33.2. The Morgan fingerprint density at radius 3 is 2.50 bits per heavy atom. The predicted molar refractivity (Wildman–Crippen MR) is 78.9 cm³/mol. The molecule has 0 unspecified atom stereocenters. The standard InChI is InChI=1S/C13H15BrN2O3S/c1-8(11-6-4-5-7-12(11)14)16-20(17,18)13-9(2)15-19-10(13)3/h4-8,16H,1-3H3/t8-/m1/s1. The second-order valence-corrected chi connectivity index (χ2v) is 7.02. The molecule has 0 spiro atoms. The van der Waals surface area contributed by atoms with Crippen molar-refractivity contribution in [1.82, 2.24) is 9.88 Å². The van der Waals surface area contributed by atoms with Gasteiger partial charge in [-0.05, 0) is 32.4 Å². The van der Waals surface area contributed by atoms with Crippen LogP contribution in [-0.4, -0.2) is 13.6 Å². The molecule has 1 aromatic carbocycles. The van der Waals surface area contributed by atoms with Gasteiger partial charge in [0.05, 0.1) is 0 Å². The molecule has 0 saturated carbocycles. The Morgan fingerprint density at radius 1 is 1.30 bits per heavy atom. The van der Waals surface area contributed by atoms with Crippen molar-refractivity contribution >= 4 is 26.0 Å². The van der Waals surface area contributed by atoms with E-state index in [0.29, 0.717) is 5.69 Å². The van der Waals surface area contributed by atoms with Gasteiger partial charge in [-0.15, -0.1) is 0 Å². The van der Waals surface area contributed by atoms with E-state index < -0.39 is 10.0 Å². The normalized spacial score (nSPS) is 13.4. The Kier molecular flexibility index (Phi) is 4.31. The van der Waals surface area contributed by atoms with Crippen LogP contribution in [0.5, 0.6) is 0 Å². The van der Waals surface area contributed by atoms with Gasteiger partial charge in [0, 0.05) is 10.5 Å². The number of halogens is 1. The number of nitrogens with one attached hydrogen (secondary N) is 1. The lowest BCUT2D eigenvalue weighted by atomic mass is 10.1. The molecular weight excluding hydrogens is 344 g/mol. The van der Waals surface area contributed by atoms with Crippen LogP contribution >= 0.6 is 15.9 Å². The fraction of sp³-hybridized carbons (Fsp3) is 0.308. The van der Waals surface area contributed by atoms with Crippen LogP contribution in [0.25, 0.3) is 0 Å². The Morgan fingerprint density at radius 2 is 1.95 bits per heavy atom. The predicted octanol–water partition coefficient (Wildman–Crippen LogP) is 3.09. The Balaban J connectivity index is 2.32. The molecule has 108 valence electrons. The van der Waals surface area contributed by atoms with E-state index in [1.54, 1.807) is 20.8 Å². The summed E-state index contributed by atoms with van der Waals surface area (Å²) in [5, 5.41) is 3.68. The minimum absolute atomic E-state index is 0.108. The van der Waals surface area contributed by atoms with Gasteiger partial charge in [-0.3, -0.25) is 0 Å². The van der Waals surface area contributed by atoms with Crippen LogP contribution in [0.2, 0.25) is 0 Å². The van der Waals surface area contributed by atoms with E-state index in [9.17, 15) is 8.42 Å². The average Bonchev–Trinajstić information content (AvgIpc) is 2.69. The number of benzene rings is 1. The molecule has 0 aliphatic carbocycles. The van der Waals surface area contributed by atoms with Crippen LogP contribution in [0.15, 0.2) is 38.2 Å². The van der Waals surface area contributed by atoms with Crippen molar-refractivity contribution < 1.29 is 12.9 Å². The first kappa shape index (κ1) is 15.2. The quantitative estimate of drug-likeness (QED) is 0.911. The second kappa shape index (κ2) is 5.67. The highest BCUT2D eigenvalue weighted by Gasteiger charge is 2.26. The lowest BCUT2D eigenvalue weighted by Gasteiger charge is -2.15. The number of sulfonamides is 1. The molecule has 0 fully saturated rings. The van der Waals surface area contributed by atoms with Crippen molar-refractivity contribution in [3.05, 3.63) is 45.8 Å². The van der Waals surface area contributed by atoms with E-state index in [2.05, 4.69) is 25.8 Å². The van der Waals surface area contributed by atoms with Gasteiger partial charge < -0.3 is 4.52 Å². The second-order valence-electron chi connectivity index (χ2n) is 4.52. The fourth-order valence-electron chi connectivity index (χ4n) is 2.04. The summed E-state index contributed by atoms with van der Waals surface area (Å²) in [7, 11) is -3.67. The maximum atomic E-state index is 12.4. The van der Waals surface area contributed by atoms with Crippen molar-refractivity contribution in [3.8, 4) is 0 Å². The summed E-state index contributed by atoms with van der Waals surface area (Å²) in [5.41, 5.74) is 1.22. The van der Waals surface area contributed by atoms with Crippen molar-refractivity contribution in [2.75, 3.05) is 0 Å². The first-order chi connectivity index (χ1) is 9.33. The summed E-state index contributed by atoms with van der Waals surface area (Å²) in [6, 6.07) is 7.11. The van der Waals surface area contributed by atoms with E-state index in [4.69, 9.17) is 4.52 Å².